The van der Waals surface area contributed by atoms with Crippen LogP contribution in [-0.2, 0) is 6.42 Å². The number of amides is 1. The van der Waals surface area contributed by atoms with Crippen molar-refractivity contribution in [3.8, 4) is 0 Å². The van der Waals surface area contributed by atoms with Gasteiger partial charge in [-0.2, -0.15) is 0 Å². The van der Waals surface area contributed by atoms with Crippen molar-refractivity contribution in [2.24, 2.45) is 0 Å². The highest BCUT2D eigenvalue weighted by Gasteiger charge is 2.35. The highest BCUT2D eigenvalue weighted by atomic mass is 16.3. The largest absolute Gasteiger partial charge is 0.390 e. The Morgan fingerprint density at radius 2 is 1.80 bits per heavy atom. The summed E-state index contributed by atoms with van der Waals surface area (Å²) in [7, 11) is 3.88. The van der Waals surface area contributed by atoms with Gasteiger partial charge in [0.1, 0.15) is 0 Å². The molecule has 0 aromatic heterocycles. The summed E-state index contributed by atoms with van der Waals surface area (Å²) in [5.41, 5.74) is 4.18. The number of likely N-dealkylation sites (tertiary alicyclic amines) is 1. The molecule has 0 unspecified atom stereocenters. The van der Waals surface area contributed by atoms with Gasteiger partial charge in [-0.15, -0.1) is 0 Å². The molecule has 132 valence electrons. The predicted octanol–water partition coefficient (Wildman–Crippen LogP) is 2.33. The number of β-amino-alcohol motifs (C(OH)–C–C–N with tert-alkyl or cyclic N) is 1. The molecule has 0 bridgehead atoms. The highest BCUT2D eigenvalue weighted by molar-refractivity contribution is 5.96. The van der Waals surface area contributed by atoms with Crippen molar-refractivity contribution in [2.75, 3.05) is 27.2 Å². The van der Waals surface area contributed by atoms with Crippen molar-refractivity contribution < 1.29 is 9.90 Å². The summed E-state index contributed by atoms with van der Waals surface area (Å²) in [5, 5.41) is 10.2. The van der Waals surface area contributed by atoms with Gasteiger partial charge < -0.3 is 14.9 Å². The van der Waals surface area contributed by atoms with Gasteiger partial charge in [-0.1, -0.05) is 48.0 Å². The average molecular weight is 338 g/mol. The molecule has 4 nitrogen and oxygen atoms in total. The first kappa shape index (κ1) is 17.6. The summed E-state index contributed by atoms with van der Waals surface area (Å²) < 4.78 is 0. The van der Waals surface area contributed by atoms with Crippen LogP contribution < -0.4 is 0 Å². The van der Waals surface area contributed by atoms with E-state index in [1.54, 1.807) is 4.90 Å². The van der Waals surface area contributed by atoms with Crippen LogP contribution in [0.4, 0.5) is 0 Å². The van der Waals surface area contributed by atoms with Crippen LogP contribution in [0.1, 0.15) is 27.0 Å². The third-order valence-corrected chi connectivity index (χ3v) is 4.97. The van der Waals surface area contributed by atoms with Crippen molar-refractivity contribution in [3.63, 3.8) is 0 Å². The Hall–Kier alpha value is -2.17. The fraction of sp³-hybridized carbons (Fsp3) is 0.381. The first-order valence-electron chi connectivity index (χ1n) is 8.73. The van der Waals surface area contributed by atoms with Gasteiger partial charge in [-0.05, 0) is 44.6 Å². The Bertz CT molecular complexity index is 740. The van der Waals surface area contributed by atoms with Crippen LogP contribution in [0.25, 0.3) is 0 Å². The Balaban J connectivity index is 1.81. The fourth-order valence-electron chi connectivity index (χ4n) is 3.42. The third-order valence-electron chi connectivity index (χ3n) is 4.97. The van der Waals surface area contributed by atoms with Crippen LogP contribution in [0.5, 0.6) is 0 Å². The Labute approximate surface area is 149 Å². The number of hydrogen-bond donors (Lipinski definition) is 1. The van der Waals surface area contributed by atoms with E-state index in [0.717, 1.165) is 17.5 Å². The summed E-state index contributed by atoms with van der Waals surface area (Å²) in [4.78, 5) is 16.8. The summed E-state index contributed by atoms with van der Waals surface area (Å²) in [6.07, 6.45) is 0.235. The van der Waals surface area contributed by atoms with Crippen LogP contribution in [0, 0.1) is 6.92 Å². The smallest absolute Gasteiger partial charge is 0.254 e. The number of hydrogen-bond acceptors (Lipinski definition) is 3. The number of rotatable bonds is 4. The van der Waals surface area contributed by atoms with Crippen molar-refractivity contribution in [3.05, 3.63) is 70.8 Å². The highest BCUT2D eigenvalue weighted by Crippen LogP contribution is 2.21. The molecule has 2 aromatic rings. The molecule has 2 aromatic carbocycles. The normalized spacial score (nSPS) is 20.3. The van der Waals surface area contributed by atoms with Gasteiger partial charge >= 0.3 is 0 Å². The zero-order chi connectivity index (χ0) is 18.0. The second-order valence-electron chi connectivity index (χ2n) is 7.13. The molecular formula is C21H26N2O2. The lowest BCUT2D eigenvalue weighted by atomic mass is 9.98. The van der Waals surface area contributed by atoms with E-state index in [1.807, 2.05) is 43.3 Å². The molecule has 0 aliphatic carbocycles. The van der Waals surface area contributed by atoms with Gasteiger partial charge in [0, 0.05) is 18.7 Å². The van der Waals surface area contributed by atoms with E-state index in [-0.39, 0.29) is 11.9 Å². The maximum Gasteiger partial charge on any atom is 0.254 e. The number of carbonyl (C=O) groups excluding carboxylic acids is 1. The molecule has 1 fully saturated rings. The molecule has 1 N–H and O–H groups in total. The van der Waals surface area contributed by atoms with Crippen molar-refractivity contribution in [1.29, 1.82) is 0 Å². The number of nitrogens with zero attached hydrogens (tertiary/aromatic N) is 2. The summed E-state index contributed by atoms with van der Waals surface area (Å²) in [6.45, 7) is 3.02. The van der Waals surface area contributed by atoms with Gasteiger partial charge in [0.05, 0.1) is 12.1 Å². The lowest BCUT2D eigenvalue weighted by molar-refractivity contribution is 0.0763. The van der Waals surface area contributed by atoms with E-state index in [1.165, 1.54) is 11.1 Å². The number of aliphatic hydroxyl groups is 1. The summed E-state index contributed by atoms with van der Waals surface area (Å²) >= 11 is 0. The minimum Gasteiger partial charge on any atom is -0.390 e. The molecule has 1 amide bonds. The van der Waals surface area contributed by atoms with Crippen LogP contribution in [0.2, 0.25) is 0 Å². The number of benzene rings is 2. The van der Waals surface area contributed by atoms with E-state index in [0.29, 0.717) is 13.1 Å². The third kappa shape index (κ3) is 3.91. The number of likely N-dealkylation sites (N-methyl/N-ethyl adjacent to an activating group) is 1. The van der Waals surface area contributed by atoms with E-state index in [9.17, 15) is 9.90 Å². The molecule has 25 heavy (non-hydrogen) atoms. The van der Waals surface area contributed by atoms with Crippen LogP contribution in [-0.4, -0.2) is 60.1 Å². The van der Waals surface area contributed by atoms with Crippen LogP contribution >= 0.6 is 0 Å². The van der Waals surface area contributed by atoms with Gasteiger partial charge in [0.2, 0.25) is 0 Å². The second kappa shape index (κ2) is 7.38. The lowest BCUT2D eigenvalue weighted by Crippen LogP contribution is -2.38. The molecule has 0 spiro atoms. The van der Waals surface area contributed by atoms with Gasteiger partial charge in [0.25, 0.3) is 5.91 Å². The molecule has 0 radical (unpaired) electrons. The number of aryl methyl sites for hydroxylation is 1. The van der Waals surface area contributed by atoms with E-state index >= 15 is 0 Å². The quantitative estimate of drug-likeness (QED) is 0.930. The van der Waals surface area contributed by atoms with Crippen molar-refractivity contribution in [2.45, 2.75) is 25.5 Å². The standard InChI is InChI=1S/C21H26N2O2/c1-15-8-10-16(11-9-15)12-17-6-4-5-7-18(17)21(25)23-13-19(22(2)3)20(24)14-23/h4-11,19-20,24H,12-14H2,1-3H3/t19-,20-/m1/s1. The molecule has 4 heteroatoms. The molecule has 1 heterocycles. The zero-order valence-corrected chi connectivity index (χ0v) is 15.1. The predicted molar refractivity (Wildman–Crippen MR) is 99.8 cm³/mol. The molecule has 1 aliphatic rings. The van der Waals surface area contributed by atoms with Gasteiger partial charge in [-0.25, -0.2) is 0 Å². The molecule has 3 rings (SSSR count). The summed E-state index contributed by atoms with van der Waals surface area (Å²) in [5.74, 6) is 0.00566. The number of aliphatic hydroxyl groups excluding tert-OH is 1. The topological polar surface area (TPSA) is 43.8 Å². The molecular weight excluding hydrogens is 312 g/mol. The molecule has 2 atom stereocenters. The Morgan fingerprint density at radius 3 is 2.44 bits per heavy atom. The molecule has 1 aliphatic heterocycles. The van der Waals surface area contributed by atoms with Crippen LogP contribution in [0.15, 0.2) is 48.5 Å². The van der Waals surface area contributed by atoms with Gasteiger partial charge in [0.15, 0.2) is 0 Å². The zero-order valence-electron chi connectivity index (χ0n) is 15.1. The minimum absolute atomic E-state index is 0.00566. The van der Waals surface area contributed by atoms with E-state index < -0.39 is 6.10 Å². The first-order chi connectivity index (χ1) is 12.0. The van der Waals surface area contributed by atoms with Crippen molar-refractivity contribution >= 4 is 5.91 Å². The lowest BCUT2D eigenvalue weighted by Gasteiger charge is -2.22. The average Bonchev–Trinajstić information content (AvgIpc) is 2.99. The number of carbonyl (C=O) groups is 1. The van der Waals surface area contributed by atoms with Gasteiger partial charge in [-0.3, -0.25) is 4.79 Å². The van der Waals surface area contributed by atoms with Crippen molar-refractivity contribution in [1.82, 2.24) is 9.80 Å². The SMILES string of the molecule is Cc1ccc(Cc2ccccc2C(=O)N2C[C@@H](O)[C@H](N(C)C)C2)cc1. The maximum atomic E-state index is 13.0. The van der Waals surface area contributed by atoms with Crippen LogP contribution in [0.3, 0.4) is 0 Å². The first-order valence-corrected chi connectivity index (χ1v) is 8.73. The molecule has 0 saturated carbocycles. The van der Waals surface area contributed by atoms with E-state index in [2.05, 4.69) is 31.2 Å². The Morgan fingerprint density at radius 1 is 1.12 bits per heavy atom. The minimum atomic E-state index is -0.497. The monoisotopic (exact) mass is 338 g/mol. The van der Waals surface area contributed by atoms with E-state index in [4.69, 9.17) is 0 Å². The Kier molecular flexibility index (Phi) is 5.21. The summed E-state index contributed by atoms with van der Waals surface area (Å²) in [6, 6.07) is 16.2. The maximum absolute atomic E-state index is 13.0. The fourth-order valence-corrected chi connectivity index (χ4v) is 3.42. The second-order valence-corrected chi connectivity index (χ2v) is 7.13. The molecule has 1 saturated heterocycles.